The van der Waals surface area contributed by atoms with Crippen molar-refractivity contribution in [2.45, 2.75) is 52.9 Å². The van der Waals surface area contributed by atoms with Crippen LogP contribution in [0.15, 0.2) is 0 Å². The molecule has 0 bridgehead atoms. The van der Waals surface area contributed by atoms with Gasteiger partial charge in [-0.05, 0) is 30.1 Å². The highest BCUT2D eigenvalue weighted by atomic mass is 16.3. The largest absolute Gasteiger partial charge is 0.396 e. The molecule has 1 fully saturated rings. The van der Waals surface area contributed by atoms with Gasteiger partial charge >= 0.3 is 0 Å². The Bertz CT molecular complexity index is 140. The van der Waals surface area contributed by atoms with E-state index in [0.29, 0.717) is 12.0 Å². The lowest BCUT2D eigenvalue weighted by atomic mass is 9.60. The predicted molar refractivity (Wildman–Crippen MR) is 52.1 cm³/mol. The molecule has 12 heavy (non-hydrogen) atoms. The van der Waals surface area contributed by atoms with Gasteiger partial charge < -0.3 is 5.11 Å². The van der Waals surface area contributed by atoms with E-state index in [1.165, 1.54) is 32.1 Å². The van der Waals surface area contributed by atoms with Crippen LogP contribution in [0.1, 0.15) is 52.9 Å². The minimum Gasteiger partial charge on any atom is -0.396 e. The first-order valence-electron chi connectivity index (χ1n) is 5.14. The first-order chi connectivity index (χ1) is 5.54. The van der Waals surface area contributed by atoms with E-state index in [2.05, 4.69) is 20.8 Å². The van der Waals surface area contributed by atoms with Crippen LogP contribution in [-0.2, 0) is 0 Å². The summed E-state index contributed by atoms with van der Waals surface area (Å²) in [7, 11) is 0. The third kappa shape index (κ3) is 2.01. The molecular formula is C11H22O. The Hall–Kier alpha value is -0.0400. The summed E-state index contributed by atoms with van der Waals surface area (Å²) in [4.78, 5) is 0. The molecule has 1 N–H and O–H groups in total. The second kappa shape index (κ2) is 3.37. The van der Waals surface area contributed by atoms with Crippen LogP contribution in [0.5, 0.6) is 0 Å². The molecule has 0 radical (unpaired) electrons. The highest BCUT2D eigenvalue weighted by Gasteiger charge is 2.39. The van der Waals surface area contributed by atoms with Crippen LogP contribution < -0.4 is 0 Å². The van der Waals surface area contributed by atoms with Crippen LogP contribution in [0.25, 0.3) is 0 Å². The number of aliphatic hydroxyl groups excluding tert-OH is 1. The van der Waals surface area contributed by atoms with Crippen molar-refractivity contribution in [1.29, 1.82) is 0 Å². The molecule has 72 valence electrons. The van der Waals surface area contributed by atoms with Gasteiger partial charge in [0.15, 0.2) is 0 Å². The molecule has 0 aromatic rings. The summed E-state index contributed by atoms with van der Waals surface area (Å²) in [5, 5.41) is 9.17. The van der Waals surface area contributed by atoms with Crippen LogP contribution in [0.3, 0.4) is 0 Å². The van der Waals surface area contributed by atoms with Gasteiger partial charge in [-0.1, -0.05) is 33.6 Å². The zero-order valence-electron chi connectivity index (χ0n) is 8.69. The van der Waals surface area contributed by atoms with Crippen LogP contribution in [0.4, 0.5) is 0 Å². The topological polar surface area (TPSA) is 20.2 Å². The Morgan fingerprint density at radius 3 is 2.17 bits per heavy atom. The zero-order chi connectivity index (χ0) is 9.24. The second-order valence-electron chi connectivity index (χ2n) is 5.21. The molecule has 0 amide bonds. The Kier molecular flexibility index (Phi) is 2.82. The van der Waals surface area contributed by atoms with E-state index >= 15 is 0 Å². The molecular weight excluding hydrogens is 148 g/mol. The van der Waals surface area contributed by atoms with Gasteiger partial charge in [0.25, 0.3) is 0 Å². The van der Waals surface area contributed by atoms with Crippen molar-refractivity contribution in [1.82, 2.24) is 0 Å². The fourth-order valence-electron chi connectivity index (χ4n) is 2.40. The Morgan fingerprint density at radius 2 is 1.92 bits per heavy atom. The molecule has 1 saturated carbocycles. The Balaban J connectivity index is 2.47. The van der Waals surface area contributed by atoms with Crippen molar-refractivity contribution < 1.29 is 5.11 Å². The quantitative estimate of drug-likeness (QED) is 0.687. The summed E-state index contributed by atoms with van der Waals surface area (Å²) in [5.74, 6) is 0. The highest BCUT2D eigenvalue weighted by molar-refractivity contribution is 4.90. The smallest absolute Gasteiger partial charge is 0.0482 e. The molecule has 0 saturated heterocycles. The van der Waals surface area contributed by atoms with Gasteiger partial charge in [0, 0.05) is 6.61 Å². The maximum absolute atomic E-state index is 9.17. The fourth-order valence-corrected chi connectivity index (χ4v) is 2.40. The molecule has 1 aliphatic carbocycles. The average molecular weight is 170 g/mol. The van der Waals surface area contributed by atoms with Crippen molar-refractivity contribution in [3.63, 3.8) is 0 Å². The molecule has 1 aliphatic rings. The molecule has 0 aromatic heterocycles. The lowest BCUT2D eigenvalue weighted by molar-refractivity contribution is 0.0292. The minimum absolute atomic E-state index is 0.135. The van der Waals surface area contributed by atoms with E-state index in [9.17, 15) is 5.11 Å². The van der Waals surface area contributed by atoms with E-state index < -0.39 is 0 Å². The van der Waals surface area contributed by atoms with Crippen molar-refractivity contribution in [2.24, 2.45) is 10.8 Å². The molecule has 0 aromatic carbocycles. The lowest BCUT2D eigenvalue weighted by Gasteiger charge is -2.46. The van der Waals surface area contributed by atoms with Crippen molar-refractivity contribution in [2.75, 3.05) is 6.61 Å². The van der Waals surface area contributed by atoms with Gasteiger partial charge in [-0.3, -0.25) is 0 Å². The van der Waals surface area contributed by atoms with Crippen LogP contribution in [0.2, 0.25) is 0 Å². The van der Waals surface area contributed by atoms with Crippen molar-refractivity contribution in [3.8, 4) is 0 Å². The summed E-state index contributed by atoms with van der Waals surface area (Å²) in [6, 6.07) is 0. The highest BCUT2D eigenvalue weighted by Crippen LogP contribution is 2.50. The van der Waals surface area contributed by atoms with Crippen LogP contribution in [0, 0.1) is 10.8 Å². The summed E-state index contributed by atoms with van der Waals surface area (Å²) in [6.07, 6.45) is 6.65. The number of hydrogen-bond donors (Lipinski definition) is 1. The average Bonchev–Trinajstić information content (AvgIpc) is 1.97. The first kappa shape index (κ1) is 10.0. The van der Waals surface area contributed by atoms with E-state index in [-0.39, 0.29) is 5.41 Å². The first-order valence-corrected chi connectivity index (χ1v) is 5.14. The van der Waals surface area contributed by atoms with Gasteiger partial charge in [-0.2, -0.15) is 0 Å². The molecule has 0 atom stereocenters. The molecule has 0 unspecified atom stereocenters. The van der Waals surface area contributed by atoms with Gasteiger partial charge in [-0.25, -0.2) is 0 Å². The summed E-state index contributed by atoms with van der Waals surface area (Å²) in [6.45, 7) is 6.95. The van der Waals surface area contributed by atoms with Crippen LogP contribution >= 0.6 is 0 Å². The number of hydrogen-bond acceptors (Lipinski definition) is 1. The van der Waals surface area contributed by atoms with Crippen LogP contribution in [-0.4, -0.2) is 11.7 Å². The molecule has 1 nitrogen and oxygen atoms in total. The van der Waals surface area contributed by atoms with Gasteiger partial charge in [0.1, 0.15) is 0 Å². The number of aliphatic hydroxyl groups is 1. The van der Waals surface area contributed by atoms with E-state index in [0.717, 1.165) is 0 Å². The van der Waals surface area contributed by atoms with E-state index in [1.54, 1.807) is 0 Å². The standard InChI is InChI=1S/C11H22O/c1-4-11(6-5-7-11)8-10(2,3)9-12/h12H,4-9H2,1-3H3. The maximum atomic E-state index is 9.17. The molecule has 0 heterocycles. The SMILES string of the molecule is CCC1(CC(C)(C)CO)CCC1. The zero-order valence-corrected chi connectivity index (χ0v) is 8.69. The van der Waals surface area contributed by atoms with Gasteiger partial charge in [0.2, 0.25) is 0 Å². The monoisotopic (exact) mass is 170 g/mol. The van der Waals surface area contributed by atoms with Crippen molar-refractivity contribution in [3.05, 3.63) is 0 Å². The second-order valence-corrected chi connectivity index (χ2v) is 5.21. The van der Waals surface area contributed by atoms with Gasteiger partial charge in [0.05, 0.1) is 0 Å². The normalized spacial score (nSPS) is 22.0. The Morgan fingerprint density at radius 1 is 1.33 bits per heavy atom. The summed E-state index contributed by atoms with van der Waals surface area (Å²) < 4.78 is 0. The molecule has 1 rings (SSSR count). The molecule has 0 spiro atoms. The minimum atomic E-state index is 0.135. The Labute approximate surface area is 76.2 Å². The lowest BCUT2D eigenvalue weighted by Crippen LogP contribution is -2.35. The molecule has 0 aliphatic heterocycles. The fraction of sp³-hybridized carbons (Fsp3) is 1.00. The van der Waals surface area contributed by atoms with E-state index in [1.807, 2.05) is 0 Å². The van der Waals surface area contributed by atoms with E-state index in [4.69, 9.17) is 0 Å². The van der Waals surface area contributed by atoms with Gasteiger partial charge in [-0.15, -0.1) is 0 Å². The molecule has 1 heteroatoms. The summed E-state index contributed by atoms with van der Waals surface area (Å²) >= 11 is 0. The predicted octanol–water partition coefficient (Wildman–Crippen LogP) is 2.98. The summed E-state index contributed by atoms with van der Waals surface area (Å²) in [5.41, 5.74) is 0.725. The number of rotatable bonds is 4. The maximum Gasteiger partial charge on any atom is 0.0482 e. The third-order valence-electron chi connectivity index (χ3n) is 3.45. The van der Waals surface area contributed by atoms with Crippen molar-refractivity contribution >= 4 is 0 Å². The third-order valence-corrected chi connectivity index (χ3v) is 3.45.